The molecule has 12 N–H and O–H groups in total. The summed E-state index contributed by atoms with van der Waals surface area (Å²) in [7, 11) is 0. The smallest absolute Gasteiger partial charge is 0.326 e. The van der Waals surface area contributed by atoms with Crippen LogP contribution < -0.4 is 38.9 Å². The van der Waals surface area contributed by atoms with E-state index in [0.29, 0.717) is 31.6 Å². The molecule has 0 spiro atoms. The van der Waals surface area contributed by atoms with Crippen molar-refractivity contribution in [3.05, 3.63) is 0 Å². The molecule has 4 unspecified atom stereocenters. The second kappa shape index (κ2) is 18.7. The van der Waals surface area contributed by atoms with Gasteiger partial charge in [-0.15, -0.1) is 0 Å². The van der Waals surface area contributed by atoms with Crippen LogP contribution in [0.4, 0.5) is 0 Å². The zero-order valence-electron chi connectivity index (χ0n) is 21.5. The largest absolute Gasteiger partial charge is 0.480 e. The van der Waals surface area contributed by atoms with Crippen LogP contribution in [0.25, 0.3) is 0 Å². The van der Waals surface area contributed by atoms with E-state index in [9.17, 15) is 24.3 Å². The molecule has 0 aromatic rings. The first-order chi connectivity index (χ1) is 16.9. The number of thioether (sulfide) groups is 1. The van der Waals surface area contributed by atoms with E-state index in [0.717, 1.165) is 6.42 Å². The number of aliphatic imine (C=N–C) groups is 1. The monoisotopic (exact) mass is 532 g/mol. The van der Waals surface area contributed by atoms with Crippen LogP contribution >= 0.6 is 11.8 Å². The molecule has 0 radical (unpaired) electrons. The first-order valence-corrected chi connectivity index (χ1v) is 13.5. The van der Waals surface area contributed by atoms with Gasteiger partial charge >= 0.3 is 5.97 Å². The average Bonchev–Trinajstić information content (AvgIpc) is 2.80. The molecule has 0 aliphatic heterocycles. The second-order valence-corrected chi connectivity index (χ2v) is 9.80. The van der Waals surface area contributed by atoms with Gasteiger partial charge in [-0.2, -0.15) is 11.8 Å². The number of carbonyl (C=O) groups excluding carboxylic acids is 3. The summed E-state index contributed by atoms with van der Waals surface area (Å²) >= 11 is 1.48. The van der Waals surface area contributed by atoms with Crippen molar-refractivity contribution in [3.63, 3.8) is 0 Å². The lowest BCUT2D eigenvalue weighted by atomic mass is 10.0. The number of carboxylic acids is 1. The molecule has 208 valence electrons. The summed E-state index contributed by atoms with van der Waals surface area (Å²) in [5.41, 5.74) is 22.1. The molecule has 0 bridgehead atoms. The highest BCUT2D eigenvalue weighted by Gasteiger charge is 2.31. The lowest BCUT2D eigenvalue weighted by Gasteiger charge is -2.26. The van der Waals surface area contributed by atoms with Crippen molar-refractivity contribution >= 4 is 41.4 Å². The number of aliphatic carboxylic acids is 1. The number of rotatable bonds is 19. The van der Waals surface area contributed by atoms with Crippen LogP contribution in [0.3, 0.4) is 0 Å². The fraction of sp³-hybridized carbons (Fsp3) is 0.773. The van der Waals surface area contributed by atoms with Gasteiger partial charge in [-0.05, 0) is 56.6 Å². The van der Waals surface area contributed by atoms with E-state index in [4.69, 9.17) is 22.9 Å². The number of carboxylic acid groups (broad SMARTS) is 1. The molecule has 14 heteroatoms. The molecule has 0 aliphatic rings. The van der Waals surface area contributed by atoms with Gasteiger partial charge in [0.25, 0.3) is 0 Å². The number of unbranched alkanes of at least 4 members (excludes halogenated alkanes) is 1. The molecular weight excluding hydrogens is 488 g/mol. The van der Waals surface area contributed by atoms with Crippen LogP contribution in [0.2, 0.25) is 0 Å². The van der Waals surface area contributed by atoms with Crippen LogP contribution in [0, 0.1) is 5.92 Å². The number of nitrogens with one attached hydrogen (secondary N) is 3. The van der Waals surface area contributed by atoms with E-state index in [1.807, 2.05) is 6.26 Å². The summed E-state index contributed by atoms with van der Waals surface area (Å²) in [6.07, 6.45) is 4.52. The minimum absolute atomic E-state index is 0.0890. The molecule has 0 heterocycles. The lowest BCUT2D eigenvalue weighted by Crippen LogP contribution is -2.57. The van der Waals surface area contributed by atoms with Crippen molar-refractivity contribution in [2.24, 2.45) is 33.8 Å². The summed E-state index contributed by atoms with van der Waals surface area (Å²) in [5.74, 6) is -2.75. The quantitative estimate of drug-likeness (QED) is 0.0540. The number of guanidine groups is 1. The maximum Gasteiger partial charge on any atom is 0.326 e. The minimum atomic E-state index is -1.17. The van der Waals surface area contributed by atoms with Gasteiger partial charge in [0, 0.05) is 6.54 Å². The van der Waals surface area contributed by atoms with Crippen molar-refractivity contribution in [2.75, 3.05) is 25.1 Å². The molecule has 3 amide bonds. The van der Waals surface area contributed by atoms with Crippen LogP contribution in [-0.4, -0.2) is 84.0 Å². The van der Waals surface area contributed by atoms with Gasteiger partial charge in [-0.25, -0.2) is 4.79 Å². The number of amides is 3. The Hall–Kier alpha value is -2.58. The summed E-state index contributed by atoms with van der Waals surface area (Å²) in [6, 6.07) is -3.90. The Morgan fingerprint density at radius 3 is 2.00 bits per heavy atom. The Bertz CT molecular complexity index is 733. The maximum absolute atomic E-state index is 13.1. The van der Waals surface area contributed by atoms with Crippen LogP contribution in [-0.2, 0) is 19.2 Å². The fourth-order valence-corrected chi connectivity index (χ4v) is 3.71. The number of nitrogens with two attached hydrogens (primary N) is 4. The van der Waals surface area contributed by atoms with Gasteiger partial charge in [-0.1, -0.05) is 20.3 Å². The molecule has 0 saturated heterocycles. The van der Waals surface area contributed by atoms with Crippen molar-refractivity contribution in [1.82, 2.24) is 16.0 Å². The third kappa shape index (κ3) is 14.1. The second-order valence-electron chi connectivity index (χ2n) is 8.81. The predicted octanol–water partition coefficient (Wildman–Crippen LogP) is -1.56. The zero-order chi connectivity index (χ0) is 27.7. The van der Waals surface area contributed by atoms with Gasteiger partial charge in [0.2, 0.25) is 17.7 Å². The molecule has 0 rings (SSSR count). The Labute approximate surface area is 217 Å². The normalized spacial score (nSPS) is 14.3. The Morgan fingerprint density at radius 1 is 0.889 bits per heavy atom. The van der Waals surface area contributed by atoms with Gasteiger partial charge in [0.05, 0.1) is 6.04 Å². The third-order valence-electron chi connectivity index (χ3n) is 5.36. The Kier molecular flexibility index (Phi) is 17.3. The topological polar surface area (TPSA) is 241 Å². The molecule has 4 atom stereocenters. The number of hydrogen-bond donors (Lipinski definition) is 8. The molecular formula is C22H44N8O5S. The van der Waals surface area contributed by atoms with Crippen molar-refractivity contribution in [1.29, 1.82) is 0 Å². The van der Waals surface area contributed by atoms with Gasteiger partial charge < -0.3 is 44.0 Å². The van der Waals surface area contributed by atoms with Gasteiger partial charge in [0.15, 0.2) is 5.96 Å². The van der Waals surface area contributed by atoms with Crippen molar-refractivity contribution < 1.29 is 24.3 Å². The van der Waals surface area contributed by atoms with E-state index in [1.165, 1.54) is 11.8 Å². The van der Waals surface area contributed by atoms with Gasteiger partial charge in [0.1, 0.15) is 18.1 Å². The predicted molar refractivity (Wildman–Crippen MR) is 142 cm³/mol. The van der Waals surface area contributed by atoms with E-state index in [-0.39, 0.29) is 31.3 Å². The lowest BCUT2D eigenvalue weighted by molar-refractivity contribution is -0.143. The standard InChI is InChI=1S/C22H44N8O5S/c1-13(2)17(21(34)35)30-20(33)16(9-12-36-3)29-19(32)15(8-6-11-27-22(25)26)28-18(31)14(24)7-4-5-10-23/h13-17H,4-12,23-24H2,1-3H3,(H,28,31)(H,29,32)(H,30,33)(H,34,35)(H4,25,26,27). The Morgan fingerprint density at radius 2 is 1.47 bits per heavy atom. The minimum Gasteiger partial charge on any atom is -0.480 e. The molecule has 0 aliphatic carbocycles. The third-order valence-corrected chi connectivity index (χ3v) is 6.00. The molecule has 0 aromatic carbocycles. The first kappa shape index (κ1) is 33.4. The van der Waals surface area contributed by atoms with E-state index < -0.39 is 47.9 Å². The summed E-state index contributed by atoms with van der Waals surface area (Å²) in [5, 5.41) is 17.2. The molecule has 13 nitrogen and oxygen atoms in total. The highest BCUT2D eigenvalue weighted by atomic mass is 32.2. The van der Waals surface area contributed by atoms with Gasteiger partial charge in [-0.3, -0.25) is 19.4 Å². The number of nitrogens with zero attached hydrogens (tertiary/aromatic N) is 1. The molecule has 0 fully saturated rings. The highest BCUT2D eigenvalue weighted by Crippen LogP contribution is 2.08. The summed E-state index contributed by atoms with van der Waals surface area (Å²) in [6.45, 7) is 4.08. The summed E-state index contributed by atoms with van der Waals surface area (Å²) in [4.78, 5) is 54.0. The van der Waals surface area contributed by atoms with Crippen molar-refractivity contribution in [3.8, 4) is 0 Å². The fourth-order valence-electron chi connectivity index (χ4n) is 3.24. The zero-order valence-corrected chi connectivity index (χ0v) is 22.3. The number of carbonyl (C=O) groups is 4. The summed E-state index contributed by atoms with van der Waals surface area (Å²) < 4.78 is 0. The molecule has 0 saturated carbocycles. The maximum atomic E-state index is 13.1. The molecule has 0 aromatic heterocycles. The van der Waals surface area contributed by atoms with Crippen LogP contribution in [0.15, 0.2) is 4.99 Å². The molecule has 36 heavy (non-hydrogen) atoms. The SMILES string of the molecule is CSCCC(NC(=O)C(CCCN=C(N)N)NC(=O)C(N)CCCCN)C(=O)NC(C(=O)O)C(C)C. The Balaban J connectivity index is 5.51. The highest BCUT2D eigenvalue weighted by molar-refractivity contribution is 7.98. The van der Waals surface area contributed by atoms with E-state index in [2.05, 4.69) is 20.9 Å². The number of hydrogen-bond acceptors (Lipinski definition) is 8. The van der Waals surface area contributed by atoms with E-state index in [1.54, 1.807) is 13.8 Å². The van der Waals surface area contributed by atoms with E-state index >= 15 is 0 Å². The van der Waals surface area contributed by atoms with Crippen LogP contribution in [0.5, 0.6) is 0 Å². The first-order valence-electron chi connectivity index (χ1n) is 12.1. The average molecular weight is 533 g/mol. The van der Waals surface area contributed by atoms with Crippen LogP contribution in [0.1, 0.15) is 52.4 Å². The van der Waals surface area contributed by atoms with Crippen molar-refractivity contribution in [2.45, 2.75) is 76.5 Å².